The fourth-order valence-electron chi connectivity index (χ4n) is 2.95. The second kappa shape index (κ2) is 11.5. The van der Waals surface area contributed by atoms with Crippen LogP contribution < -0.4 is 5.73 Å². The number of rotatable bonds is 4. The largest absolute Gasteiger partial charge is 0.504 e. The molecule has 3 rings (SSSR count). The quantitative estimate of drug-likeness (QED) is 0.751. The first-order valence-corrected chi connectivity index (χ1v) is 8.89. The highest BCUT2D eigenvalue weighted by Gasteiger charge is 2.28. The Bertz CT molecular complexity index is 818. The monoisotopic (exact) mass is 412 g/mol. The molecule has 152 valence electrons. The summed E-state index contributed by atoms with van der Waals surface area (Å²) < 4.78 is 26.0. The fraction of sp³-hybridized carbons (Fsp3) is 0.300. The fourth-order valence-corrected chi connectivity index (χ4v) is 3.16. The molecule has 0 spiro atoms. The van der Waals surface area contributed by atoms with Crippen LogP contribution in [-0.4, -0.2) is 43.2 Å². The molecule has 1 unspecified atom stereocenters. The van der Waals surface area contributed by atoms with Crippen molar-refractivity contribution < 1.29 is 23.5 Å². The molecule has 0 aliphatic heterocycles. The number of likely N-dealkylation sites (N-methyl/N-ethyl adjacent to an activating group) is 1. The summed E-state index contributed by atoms with van der Waals surface area (Å²) in [6, 6.07) is 7.04. The molecule has 0 radical (unpaired) electrons. The van der Waals surface area contributed by atoms with Gasteiger partial charge < -0.3 is 15.6 Å². The summed E-state index contributed by atoms with van der Waals surface area (Å²) in [5, 5.41) is 9.21. The minimum absolute atomic E-state index is 0.0278. The second-order valence-corrected chi connectivity index (χ2v) is 6.35. The highest BCUT2D eigenvalue weighted by Crippen LogP contribution is 2.37. The van der Waals surface area contributed by atoms with Gasteiger partial charge in [-0.25, -0.2) is 8.78 Å². The van der Waals surface area contributed by atoms with Crippen molar-refractivity contribution in [3.05, 3.63) is 63.7 Å². The van der Waals surface area contributed by atoms with E-state index < -0.39 is 11.6 Å². The van der Waals surface area contributed by atoms with E-state index in [4.69, 9.17) is 16.7 Å². The van der Waals surface area contributed by atoms with Gasteiger partial charge in [0.2, 0.25) is 0 Å². The van der Waals surface area contributed by atoms with Crippen LogP contribution in [0.5, 0.6) is 5.75 Å². The number of fused-ring (bicyclic) bond motifs is 1. The lowest BCUT2D eigenvalue weighted by atomic mass is 10.1. The molecule has 0 saturated heterocycles. The first kappa shape index (κ1) is 23.7. The van der Waals surface area contributed by atoms with Crippen LogP contribution in [0.1, 0.15) is 33.9 Å². The molecule has 2 aromatic carbocycles. The summed E-state index contributed by atoms with van der Waals surface area (Å²) in [6.07, 6.45) is 2.82. The topological polar surface area (TPSA) is 83.6 Å². The molecule has 3 N–H and O–H groups in total. The molecule has 5 nitrogen and oxygen atoms in total. The number of aromatic hydroxyl groups is 1. The van der Waals surface area contributed by atoms with Gasteiger partial charge in [0.15, 0.2) is 17.9 Å². The number of nitrogens with zero attached hydrogens (tertiary/aromatic N) is 1. The molecular weight excluding hydrogens is 390 g/mol. The average molecular weight is 413 g/mol. The summed E-state index contributed by atoms with van der Waals surface area (Å²) in [5.74, 6) is -1.59. The summed E-state index contributed by atoms with van der Waals surface area (Å²) >= 11 is 5.85. The summed E-state index contributed by atoms with van der Waals surface area (Å²) in [5.41, 5.74) is 6.14. The highest BCUT2D eigenvalue weighted by molar-refractivity contribution is 6.30. The number of phenolic OH excluding ortho intramolecular Hbond substituents is 1. The van der Waals surface area contributed by atoms with E-state index in [2.05, 4.69) is 5.73 Å². The SMILES string of the molecule is CN.CN(CC=O)C1CCc2c(F)cc(Cl)cc21.O=Cc1cccc(F)c1O. The number of benzene rings is 2. The van der Waals surface area contributed by atoms with Crippen LogP contribution in [0.15, 0.2) is 30.3 Å². The minimum atomic E-state index is -0.774. The number of carbonyl (C=O) groups excluding carboxylic acids is 2. The van der Waals surface area contributed by atoms with Gasteiger partial charge in [-0.1, -0.05) is 17.7 Å². The van der Waals surface area contributed by atoms with Gasteiger partial charge in [0, 0.05) is 11.1 Å². The van der Waals surface area contributed by atoms with E-state index in [1.807, 2.05) is 11.9 Å². The first-order valence-electron chi connectivity index (χ1n) is 8.51. The van der Waals surface area contributed by atoms with Gasteiger partial charge >= 0.3 is 0 Å². The van der Waals surface area contributed by atoms with Crippen molar-refractivity contribution in [1.82, 2.24) is 4.90 Å². The Balaban J connectivity index is 0.000000281. The zero-order valence-corrected chi connectivity index (χ0v) is 16.4. The van der Waals surface area contributed by atoms with E-state index in [0.29, 0.717) is 24.3 Å². The van der Waals surface area contributed by atoms with Gasteiger partial charge in [-0.05, 0) is 62.3 Å². The first-order chi connectivity index (χ1) is 13.4. The van der Waals surface area contributed by atoms with E-state index in [9.17, 15) is 18.4 Å². The number of aldehydes is 2. The Morgan fingerprint density at radius 2 is 1.93 bits per heavy atom. The third-order valence-electron chi connectivity index (χ3n) is 4.26. The standard InChI is InChI=1S/C12H13ClFNO.C7H5FO2.CH5N/c1-15(4-5-16)12-3-2-9-10(12)6-8(13)7-11(9)14;8-6-3-1-2-5(4-9)7(6)10;1-2/h5-7,12H,2-4H2,1H3;1-4,10H;2H2,1H3. The molecule has 1 atom stereocenters. The zero-order valence-electron chi connectivity index (χ0n) is 15.7. The normalized spacial score (nSPS) is 14.3. The molecule has 0 saturated carbocycles. The molecule has 1 aliphatic carbocycles. The Morgan fingerprint density at radius 3 is 2.50 bits per heavy atom. The Hall–Kier alpha value is -2.35. The Kier molecular flexibility index (Phi) is 9.72. The van der Waals surface area contributed by atoms with Gasteiger partial charge in [0.1, 0.15) is 12.1 Å². The predicted octanol–water partition coefficient (Wildman–Crippen LogP) is 3.52. The summed E-state index contributed by atoms with van der Waals surface area (Å²) in [6.45, 7) is 0.359. The van der Waals surface area contributed by atoms with Crippen LogP contribution >= 0.6 is 11.6 Å². The maximum Gasteiger partial charge on any atom is 0.165 e. The molecule has 2 aromatic rings. The molecule has 28 heavy (non-hydrogen) atoms. The van der Waals surface area contributed by atoms with Crippen LogP contribution in [0, 0.1) is 11.6 Å². The predicted molar refractivity (Wildman–Crippen MR) is 105 cm³/mol. The Morgan fingerprint density at radius 1 is 1.25 bits per heavy atom. The van der Waals surface area contributed by atoms with E-state index in [1.54, 1.807) is 6.07 Å². The molecule has 0 heterocycles. The van der Waals surface area contributed by atoms with Crippen LogP contribution in [0.4, 0.5) is 8.78 Å². The second-order valence-electron chi connectivity index (χ2n) is 5.91. The molecular formula is C20H23ClF2N2O3. The van der Waals surface area contributed by atoms with Crippen molar-refractivity contribution in [3.8, 4) is 5.75 Å². The van der Waals surface area contributed by atoms with E-state index in [-0.39, 0.29) is 17.4 Å². The van der Waals surface area contributed by atoms with Gasteiger partial charge in [-0.3, -0.25) is 9.69 Å². The molecule has 0 amide bonds. The van der Waals surface area contributed by atoms with Crippen molar-refractivity contribution in [2.45, 2.75) is 18.9 Å². The number of nitrogens with two attached hydrogens (primary N) is 1. The van der Waals surface area contributed by atoms with Gasteiger partial charge in [0.25, 0.3) is 0 Å². The number of halogens is 3. The minimum Gasteiger partial charge on any atom is -0.504 e. The van der Waals surface area contributed by atoms with Crippen molar-refractivity contribution in [1.29, 1.82) is 0 Å². The van der Waals surface area contributed by atoms with Crippen LogP contribution in [0.3, 0.4) is 0 Å². The smallest absolute Gasteiger partial charge is 0.165 e. The lowest BCUT2D eigenvalue weighted by molar-refractivity contribution is -0.109. The molecule has 0 fully saturated rings. The van der Waals surface area contributed by atoms with Crippen molar-refractivity contribution in [3.63, 3.8) is 0 Å². The van der Waals surface area contributed by atoms with Crippen molar-refractivity contribution in [2.24, 2.45) is 5.73 Å². The van der Waals surface area contributed by atoms with Crippen LogP contribution in [0.2, 0.25) is 5.02 Å². The third-order valence-corrected chi connectivity index (χ3v) is 4.48. The van der Waals surface area contributed by atoms with E-state index >= 15 is 0 Å². The lowest BCUT2D eigenvalue weighted by Gasteiger charge is -2.22. The lowest BCUT2D eigenvalue weighted by Crippen LogP contribution is -2.24. The Labute approximate surface area is 167 Å². The molecule has 1 aliphatic rings. The number of hydrogen-bond donors (Lipinski definition) is 2. The molecule has 0 bridgehead atoms. The van der Waals surface area contributed by atoms with Gasteiger partial charge in [-0.15, -0.1) is 0 Å². The average Bonchev–Trinajstić information content (AvgIpc) is 3.10. The number of phenols is 1. The number of para-hydroxylation sites is 1. The van der Waals surface area contributed by atoms with Crippen LogP contribution in [-0.2, 0) is 11.2 Å². The van der Waals surface area contributed by atoms with Gasteiger partial charge in [-0.2, -0.15) is 0 Å². The molecule has 8 heteroatoms. The zero-order chi connectivity index (χ0) is 21.3. The maximum absolute atomic E-state index is 13.6. The molecule has 0 aromatic heterocycles. The van der Waals surface area contributed by atoms with Crippen molar-refractivity contribution in [2.75, 3.05) is 20.6 Å². The third kappa shape index (κ3) is 5.82. The van der Waals surface area contributed by atoms with Crippen molar-refractivity contribution >= 4 is 24.2 Å². The summed E-state index contributed by atoms with van der Waals surface area (Å²) in [4.78, 5) is 22.5. The maximum atomic E-state index is 13.6. The highest BCUT2D eigenvalue weighted by atomic mass is 35.5. The number of carbonyl (C=O) groups is 2. The van der Waals surface area contributed by atoms with Crippen LogP contribution in [0.25, 0.3) is 0 Å². The van der Waals surface area contributed by atoms with E-state index in [0.717, 1.165) is 29.9 Å². The van der Waals surface area contributed by atoms with Gasteiger partial charge in [0.05, 0.1) is 12.1 Å². The number of hydrogen-bond acceptors (Lipinski definition) is 5. The van der Waals surface area contributed by atoms with E-state index in [1.165, 1.54) is 25.2 Å². The summed E-state index contributed by atoms with van der Waals surface area (Å²) in [7, 11) is 3.37.